The third kappa shape index (κ3) is 3.41. The van der Waals surface area contributed by atoms with Crippen molar-refractivity contribution in [2.75, 3.05) is 25.0 Å². The van der Waals surface area contributed by atoms with Crippen LogP contribution in [0, 0.1) is 0 Å². The highest BCUT2D eigenvalue weighted by atomic mass is 16.2. The molecular weight excluding hydrogens is 242 g/mol. The summed E-state index contributed by atoms with van der Waals surface area (Å²) in [7, 11) is 0. The van der Waals surface area contributed by atoms with Gasteiger partial charge in [-0.2, -0.15) is 0 Å². The highest BCUT2D eigenvalue weighted by molar-refractivity contribution is 5.82. The summed E-state index contributed by atoms with van der Waals surface area (Å²) < 4.78 is 0. The summed E-state index contributed by atoms with van der Waals surface area (Å²) in [4.78, 5) is 22.6. The minimum atomic E-state index is -0.0519. The summed E-state index contributed by atoms with van der Waals surface area (Å²) in [5, 5.41) is 6.01. The van der Waals surface area contributed by atoms with E-state index in [4.69, 9.17) is 0 Å². The predicted octanol–water partition coefficient (Wildman–Crippen LogP) is 0.619. The first-order valence-corrected chi connectivity index (χ1v) is 6.81. The zero-order valence-electron chi connectivity index (χ0n) is 11.5. The van der Waals surface area contributed by atoms with E-state index in [1.807, 2.05) is 13.8 Å². The normalized spacial score (nSPS) is 20.1. The molecule has 1 atom stereocenters. The number of anilines is 1. The molecule has 1 saturated heterocycles. The van der Waals surface area contributed by atoms with Crippen LogP contribution in [0.5, 0.6) is 0 Å². The lowest BCUT2D eigenvalue weighted by Gasteiger charge is -2.34. The Kier molecular flexibility index (Phi) is 4.68. The highest BCUT2D eigenvalue weighted by Crippen LogP contribution is 2.12. The van der Waals surface area contributed by atoms with Crippen LogP contribution in [0.25, 0.3) is 0 Å². The van der Waals surface area contributed by atoms with Crippen LogP contribution in [0.2, 0.25) is 0 Å². The van der Waals surface area contributed by atoms with Gasteiger partial charge in [0.25, 0.3) is 0 Å². The quantitative estimate of drug-likeness (QED) is 0.815. The molecule has 19 heavy (non-hydrogen) atoms. The summed E-state index contributed by atoms with van der Waals surface area (Å²) in [6, 6.07) is -0.0519. The first-order chi connectivity index (χ1) is 9.24. The maximum Gasteiger partial charge on any atom is 0.237 e. The maximum atomic E-state index is 11.8. The zero-order valence-corrected chi connectivity index (χ0v) is 11.5. The molecule has 0 aliphatic carbocycles. The molecule has 2 rings (SSSR count). The van der Waals surface area contributed by atoms with Crippen LogP contribution in [0.4, 0.5) is 5.82 Å². The topological polar surface area (TPSA) is 70.2 Å². The van der Waals surface area contributed by atoms with E-state index in [9.17, 15) is 4.79 Å². The molecule has 0 bridgehead atoms. The zero-order chi connectivity index (χ0) is 13.7. The van der Waals surface area contributed by atoms with E-state index < -0.39 is 0 Å². The lowest BCUT2D eigenvalue weighted by atomic mass is 10.1. The van der Waals surface area contributed by atoms with Crippen LogP contribution in [0.3, 0.4) is 0 Å². The van der Waals surface area contributed by atoms with Crippen molar-refractivity contribution >= 4 is 11.7 Å². The number of rotatable bonds is 5. The molecular formula is C13H21N5O. The standard InChI is InChI=1S/C13H21N5O/c1-3-11-13(19)15-5-6-18(11)9-10-7-17-12(8-16-10)14-4-2/h7-8,11H,3-6,9H2,1-2H3,(H,14,17)(H,15,19). The van der Waals surface area contributed by atoms with Crippen molar-refractivity contribution in [1.82, 2.24) is 20.2 Å². The number of piperazine rings is 1. The number of carbonyl (C=O) groups is 1. The number of hydrogen-bond donors (Lipinski definition) is 2. The fraction of sp³-hybridized carbons (Fsp3) is 0.615. The summed E-state index contributed by atoms with van der Waals surface area (Å²) in [6.45, 7) is 7.12. The Labute approximate surface area is 113 Å². The average Bonchev–Trinajstić information content (AvgIpc) is 2.42. The van der Waals surface area contributed by atoms with Crippen LogP contribution in [-0.2, 0) is 11.3 Å². The Balaban J connectivity index is 2.00. The van der Waals surface area contributed by atoms with Gasteiger partial charge in [-0.1, -0.05) is 6.92 Å². The molecule has 6 nitrogen and oxygen atoms in total. The van der Waals surface area contributed by atoms with Gasteiger partial charge in [-0.3, -0.25) is 14.7 Å². The van der Waals surface area contributed by atoms with Gasteiger partial charge >= 0.3 is 0 Å². The van der Waals surface area contributed by atoms with Crippen molar-refractivity contribution in [3.8, 4) is 0 Å². The smallest absolute Gasteiger partial charge is 0.237 e. The number of hydrogen-bond acceptors (Lipinski definition) is 5. The van der Waals surface area contributed by atoms with Crippen LogP contribution in [-0.4, -0.2) is 46.5 Å². The highest BCUT2D eigenvalue weighted by Gasteiger charge is 2.28. The second kappa shape index (κ2) is 6.47. The summed E-state index contributed by atoms with van der Waals surface area (Å²) >= 11 is 0. The molecule has 2 heterocycles. The molecule has 1 aliphatic rings. The number of amides is 1. The average molecular weight is 263 g/mol. The van der Waals surface area contributed by atoms with E-state index >= 15 is 0 Å². The monoisotopic (exact) mass is 263 g/mol. The van der Waals surface area contributed by atoms with Crippen LogP contribution in [0.1, 0.15) is 26.0 Å². The van der Waals surface area contributed by atoms with Crippen molar-refractivity contribution < 1.29 is 4.79 Å². The van der Waals surface area contributed by atoms with E-state index in [1.165, 1.54) is 0 Å². The summed E-state index contributed by atoms with van der Waals surface area (Å²) in [6.07, 6.45) is 4.33. The van der Waals surface area contributed by atoms with Gasteiger partial charge in [0.15, 0.2) is 0 Å². The number of carbonyl (C=O) groups excluding carboxylic acids is 1. The predicted molar refractivity (Wildman–Crippen MR) is 73.7 cm³/mol. The van der Waals surface area contributed by atoms with E-state index in [0.29, 0.717) is 13.1 Å². The van der Waals surface area contributed by atoms with Crippen molar-refractivity contribution in [3.05, 3.63) is 18.1 Å². The van der Waals surface area contributed by atoms with Gasteiger partial charge in [-0.25, -0.2) is 4.98 Å². The van der Waals surface area contributed by atoms with Crippen LogP contribution >= 0.6 is 0 Å². The van der Waals surface area contributed by atoms with Crippen LogP contribution < -0.4 is 10.6 Å². The van der Waals surface area contributed by atoms with E-state index in [1.54, 1.807) is 12.4 Å². The first kappa shape index (κ1) is 13.7. The largest absolute Gasteiger partial charge is 0.369 e. The summed E-state index contributed by atoms with van der Waals surface area (Å²) in [5.41, 5.74) is 0.898. The van der Waals surface area contributed by atoms with E-state index in [-0.39, 0.29) is 11.9 Å². The first-order valence-electron chi connectivity index (χ1n) is 6.81. The Morgan fingerprint density at radius 2 is 2.26 bits per heavy atom. The molecule has 1 unspecified atom stereocenters. The second-order valence-electron chi connectivity index (χ2n) is 4.61. The third-order valence-electron chi connectivity index (χ3n) is 3.26. The minimum absolute atomic E-state index is 0.0519. The Morgan fingerprint density at radius 1 is 1.42 bits per heavy atom. The van der Waals surface area contributed by atoms with Gasteiger partial charge < -0.3 is 10.6 Å². The van der Waals surface area contributed by atoms with E-state index in [0.717, 1.165) is 31.0 Å². The lowest BCUT2D eigenvalue weighted by molar-refractivity contribution is -0.129. The van der Waals surface area contributed by atoms with Crippen molar-refractivity contribution in [2.24, 2.45) is 0 Å². The molecule has 0 saturated carbocycles. The number of nitrogens with zero attached hydrogens (tertiary/aromatic N) is 3. The fourth-order valence-corrected chi connectivity index (χ4v) is 2.31. The van der Waals surface area contributed by atoms with Gasteiger partial charge in [0, 0.05) is 26.2 Å². The molecule has 2 N–H and O–H groups in total. The maximum absolute atomic E-state index is 11.8. The van der Waals surface area contributed by atoms with Crippen molar-refractivity contribution in [1.29, 1.82) is 0 Å². The summed E-state index contributed by atoms with van der Waals surface area (Å²) in [5.74, 6) is 0.903. The van der Waals surface area contributed by atoms with Gasteiger partial charge in [0.05, 0.1) is 24.1 Å². The molecule has 1 aliphatic heterocycles. The SMILES string of the molecule is CCNc1cnc(CN2CCNC(=O)C2CC)cn1. The van der Waals surface area contributed by atoms with Gasteiger partial charge in [0.2, 0.25) is 5.91 Å². The Bertz CT molecular complexity index is 420. The number of aromatic nitrogens is 2. The van der Waals surface area contributed by atoms with Gasteiger partial charge in [-0.15, -0.1) is 0 Å². The molecule has 0 aromatic carbocycles. The molecule has 1 aromatic rings. The molecule has 0 spiro atoms. The molecule has 1 amide bonds. The minimum Gasteiger partial charge on any atom is -0.369 e. The van der Waals surface area contributed by atoms with Crippen molar-refractivity contribution in [3.63, 3.8) is 0 Å². The van der Waals surface area contributed by atoms with Gasteiger partial charge in [-0.05, 0) is 13.3 Å². The molecule has 1 fully saturated rings. The lowest BCUT2D eigenvalue weighted by Crippen LogP contribution is -2.54. The Hall–Kier alpha value is -1.69. The Morgan fingerprint density at radius 3 is 2.89 bits per heavy atom. The molecule has 0 radical (unpaired) electrons. The van der Waals surface area contributed by atoms with Crippen LogP contribution in [0.15, 0.2) is 12.4 Å². The van der Waals surface area contributed by atoms with E-state index in [2.05, 4.69) is 25.5 Å². The second-order valence-corrected chi connectivity index (χ2v) is 4.61. The van der Waals surface area contributed by atoms with Crippen molar-refractivity contribution in [2.45, 2.75) is 32.9 Å². The van der Waals surface area contributed by atoms with Gasteiger partial charge in [0.1, 0.15) is 5.82 Å². The molecule has 104 valence electrons. The number of nitrogens with one attached hydrogen (secondary N) is 2. The fourth-order valence-electron chi connectivity index (χ4n) is 2.31. The third-order valence-corrected chi connectivity index (χ3v) is 3.26. The molecule has 1 aromatic heterocycles. The molecule has 6 heteroatoms.